The van der Waals surface area contributed by atoms with Gasteiger partial charge in [0, 0.05) is 24.6 Å². The fourth-order valence-electron chi connectivity index (χ4n) is 1.48. The standard InChI is InChI=1S/C11H12BrN3/c1-13-11-7-10(15(2)14-11)8-3-5-9(12)6-4-8/h3-7H,1-2H3,(H,13,14). The number of hydrogen-bond donors (Lipinski definition) is 1. The zero-order valence-electron chi connectivity index (χ0n) is 8.66. The summed E-state index contributed by atoms with van der Waals surface area (Å²) in [4.78, 5) is 0. The van der Waals surface area contributed by atoms with Crippen molar-refractivity contribution in [3.63, 3.8) is 0 Å². The molecule has 0 fully saturated rings. The van der Waals surface area contributed by atoms with Gasteiger partial charge in [-0.25, -0.2) is 0 Å². The lowest BCUT2D eigenvalue weighted by Crippen LogP contribution is -1.94. The van der Waals surface area contributed by atoms with Crippen LogP contribution in [0.25, 0.3) is 11.3 Å². The van der Waals surface area contributed by atoms with Gasteiger partial charge < -0.3 is 5.32 Å². The van der Waals surface area contributed by atoms with Gasteiger partial charge in [0.2, 0.25) is 0 Å². The van der Waals surface area contributed by atoms with E-state index in [0.717, 1.165) is 21.5 Å². The number of rotatable bonds is 2. The van der Waals surface area contributed by atoms with Gasteiger partial charge in [-0.3, -0.25) is 4.68 Å². The van der Waals surface area contributed by atoms with Crippen molar-refractivity contribution >= 4 is 21.7 Å². The van der Waals surface area contributed by atoms with E-state index in [4.69, 9.17) is 0 Å². The van der Waals surface area contributed by atoms with Crippen LogP contribution in [0.2, 0.25) is 0 Å². The zero-order chi connectivity index (χ0) is 10.8. The number of nitrogens with zero attached hydrogens (tertiary/aromatic N) is 2. The van der Waals surface area contributed by atoms with Gasteiger partial charge in [0.25, 0.3) is 0 Å². The predicted molar refractivity (Wildman–Crippen MR) is 65.9 cm³/mol. The van der Waals surface area contributed by atoms with Crippen LogP contribution in [0.4, 0.5) is 5.82 Å². The van der Waals surface area contributed by atoms with E-state index in [1.165, 1.54) is 0 Å². The summed E-state index contributed by atoms with van der Waals surface area (Å²) in [6.07, 6.45) is 0. The van der Waals surface area contributed by atoms with E-state index >= 15 is 0 Å². The van der Waals surface area contributed by atoms with Gasteiger partial charge in [-0.15, -0.1) is 0 Å². The molecule has 0 spiro atoms. The number of halogens is 1. The summed E-state index contributed by atoms with van der Waals surface area (Å²) < 4.78 is 2.96. The minimum Gasteiger partial charge on any atom is -0.372 e. The largest absolute Gasteiger partial charge is 0.372 e. The van der Waals surface area contributed by atoms with Gasteiger partial charge in [0.05, 0.1) is 5.69 Å². The molecule has 1 N–H and O–H groups in total. The Morgan fingerprint density at radius 3 is 2.47 bits per heavy atom. The lowest BCUT2D eigenvalue weighted by molar-refractivity contribution is 0.778. The Morgan fingerprint density at radius 2 is 1.93 bits per heavy atom. The molecule has 0 bridgehead atoms. The predicted octanol–water partition coefficient (Wildman–Crippen LogP) is 2.89. The van der Waals surface area contributed by atoms with E-state index in [2.05, 4.69) is 38.5 Å². The van der Waals surface area contributed by atoms with Gasteiger partial charge >= 0.3 is 0 Å². The number of hydrogen-bond acceptors (Lipinski definition) is 2. The monoisotopic (exact) mass is 265 g/mol. The third kappa shape index (κ3) is 2.04. The number of aryl methyl sites for hydroxylation is 1. The summed E-state index contributed by atoms with van der Waals surface area (Å²) in [5.74, 6) is 0.885. The summed E-state index contributed by atoms with van der Waals surface area (Å²) in [5.41, 5.74) is 2.27. The molecule has 2 aromatic rings. The molecule has 78 valence electrons. The van der Waals surface area contributed by atoms with Gasteiger partial charge in [0.15, 0.2) is 0 Å². The van der Waals surface area contributed by atoms with Crippen molar-refractivity contribution in [3.8, 4) is 11.3 Å². The van der Waals surface area contributed by atoms with Crippen molar-refractivity contribution in [2.75, 3.05) is 12.4 Å². The Morgan fingerprint density at radius 1 is 1.27 bits per heavy atom. The maximum Gasteiger partial charge on any atom is 0.148 e. The highest BCUT2D eigenvalue weighted by Gasteiger charge is 2.05. The average molecular weight is 266 g/mol. The smallest absolute Gasteiger partial charge is 0.148 e. The Labute approximate surface area is 97.2 Å². The Hall–Kier alpha value is -1.29. The number of anilines is 1. The first kappa shape index (κ1) is 10.2. The van der Waals surface area contributed by atoms with Crippen LogP contribution in [-0.2, 0) is 7.05 Å². The minimum absolute atomic E-state index is 0.885. The molecule has 15 heavy (non-hydrogen) atoms. The van der Waals surface area contributed by atoms with E-state index < -0.39 is 0 Å². The summed E-state index contributed by atoms with van der Waals surface area (Å²) in [7, 11) is 3.81. The maximum absolute atomic E-state index is 4.32. The van der Waals surface area contributed by atoms with Crippen LogP contribution >= 0.6 is 15.9 Å². The van der Waals surface area contributed by atoms with Crippen LogP contribution in [0.3, 0.4) is 0 Å². The molecule has 0 unspecified atom stereocenters. The number of benzene rings is 1. The van der Waals surface area contributed by atoms with Crippen molar-refractivity contribution in [3.05, 3.63) is 34.8 Å². The molecule has 0 radical (unpaired) electrons. The summed E-state index contributed by atoms with van der Waals surface area (Å²) in [5, 5.41) is 7.35. The second-order valence-electron chi connectivity index (χ2n) is 3.30. The first-order valence-electron chi connectivity index (χ1n) is 4.68. The first-order chi connectivity index (χ1) is 7.20. The molecule has 0 saturated heterocycles. The molecule has 0 amide bonds. The van der Waals surface area contributed by atoms with E-state index in [0.29, 0.717) is 0 Å². The maximum atomic E-state index is 4.32. The van der Waals surface area contributed by atoms with Crippen molar-refractivity contribution in [2.45, 2.75) is 0 Å². The lowest BCUT2D eigenvalue weighted by atomic mass is 10.1. The third-order valence-corrected chi connectivity index (χ3v) is 2.80. The zero-order valence-corrected chi connectivity index (χ0v) is 10.2. The van der Waals surface area contributed by atoms with Crippen LogP contribution < -0.4 is 5.32 Å². The minimum atomic E-state index is 0.885. The molecule has 0 aliphatic heterocycles. The van der Waals surface area contributed by atoms with Crippen LogP contribution in [0, 0.1) is 0 Å². The molecule has 0 saturated carbocycles. The van der Waals surface area contributed by atoms with Crippen LogP contribution in [-0.4, -0.2) is 16.8 Å². The van der Waals surface area contributed by atoms with E-state index in [-0.39, 0.29) is 0 Å². The molecule has 1 heterocycles. The Bertz CT molecular complexity index is 459. The topological polar surface area (TPSA) is 29.9 Å². The molecule has 0 atom stereocenters. The molecule has 0 aliphatic rings. The van der Waals surface area contributed by atoms with Gasteiger partial charge in [0.1, 0.15) is 5.82 Å². The molecular weight excluding hydrogens is 254 g/mol. The number of nitrogens with one attached hydrogen (secondary N) is 1. The van der Waals surface area contributed by atoms with E-state index in [1.807, 2.05) is 37.0 Å². The SMILES string of the molecule is CNc1cc(-c2ccc(Br)cc2)n(C)n1. The molecule has 1 aromatic carbocycles. The van der Waals surface area contributed by atoms with Crippen molar-refractivity contribution in [1.29, 1.82) is 0 Å². The second kappa shape index (κ2) is 4.06. The van der Waals surface area contributed by atoms with Crippen LogP contribution in [0.5, 0.6) is 0 Å². The highest BCUT2D eigenvalue weighted by Crippen LogP contribution is 2.23. The van der Waals surface area contributed by atoms with Crippen LogP contribution in [0.1, 0.15) is 0 Å². The normalized spacial score (nSPS) is 10.3. The molecule has 4 heteroatoms. The molecule has 1 aromatic heterocycles. The molecule has 2 rings (SSSR count). The second-order valence-corrected chi connectivity index (χ2v) is 4.21. The lowest BCUT2D eigenvalue weighted by Gasteiger charge is -2.00. The fraction of sp³-hybridized carbons (Fsp3) is 0.182. The fourth-order valence-corrected chi connectivity index (χ4v) is 1.74. The van der Waals surface area contributed by atoms with Crippen molar-refractivity contribution < 1.29 is 0 Å². The van der Waals surface area contributed by atoms with Gasteiger partial charge in [-0.1, -0.05) is 28.1 Å². The number of aromatic nitrogens is 2. The van der Waals surface area contributed by atoms with Crippen molar-refractivity contribution in [1.82, 2.24) is 9.78 Å². The summed E-state index contributed by atoms with van der Waals surface area (Å²) >= 11 is 3.42. The summed E-state index contributed by atoms with van der Waals surface area (Å²) in [6.45, 7) is 0. The summed E-state index contributed by atoms with van der Waals surface area (Å²) in [6, 6.07) is 10.2. The Kier molecular flexibility index (Phi) is 2.77. The highest BCUT2D eigenvalue weighted by atomic mass is 79.9. The molecule has 0 aliphatic carbocycles. The van der Waals surface area contributed by atoms with E-state index in [9.17, 15) is 0 Å². The average Bonchev–Trinajstić information content (AvgIpc) is 2.61. The third-order valence-electron chi connectivity index (χ3n) is 2.28. The van der Waals surface area contributed by atoms with Crippen LogP contribution in [0.15, 0.2) is 34.8 Å². The van der Waals surface area contributed by atoms with Crippen molar-refractivity contribution in [2.24, 2.45) is 7.05 Å². The first-order valence-corrected chi connectivity index (χ1v) is 5.48. The highest BCUT2D eigenvalue weighted by molar-refractivity contribution is 9.10. The van der Waals surface area contributed by atoms with E-state index in [1.54, 1.807) is 0 Å². The van der Waals surface area contributed by atoms with Gasteiger partial charge in [-0.2, -0.15) is 5.10 Å². The molecule has 3 nitrogen and oxygen atoms in total. The molecular formula is C11H12BrN3. The Balaban J connectivity index is 2.44. The van der Waals surface area contributed by atoms with Gasteiger partial charge in [-0.05, 0) is 17.7 Å². The quantitative estimate of drug-likeness (QED) is 0.905.